The quantitative estimate of drug-likeness (QED) is 0.695. The van der Waals surface area contributed by atoms with Gasteiger partial charge in [-0.15, -0.1) is 0 Å². The lowest BCUT2D eigenvalue weighted by molar-refractivity contribution is 0.0947. The Hall–Kier alpha value is -1.18. The third-order valence-corrected chi connectivity index (χ3v) is 4.10. The van der Waals surface area contributed by atoms with Crippen molar-refractivity contribution in [3.63, 3.8) is 0 Å². The summed E-state index contributed by atoms with van der Waals surface area (Å²) in [4.78, 5) is 12.2. The normalized spacial score (nSPS) is 31.2. The van der Waals surface area contributed by atoms with Crippen LogP contribution >= 0.6 is 0 Å². The highest BCUT2D eigenvalue weighted by molar-refractivity contribution is 6.00. The van der Waals surface area contributed by atoms with E-state index in [-0.39, 0.29) is 17.5 Å². The van der Waals surface area contributed by atoms with Gasteiger partial charge in [-0.05, 0) is 43.7 Å². The summed E-state index contributed by atoms with van der Waals surface area (Å²) < 4.78 is 13.6. The molecule has 1 nitrogen and oxygen atoms in total. The predicted molar refractivity (Wildman–Crippen MR) is 59.8 cm³/mol. The van der Waals surface area contributed by atoms with Gasteiger partial charge in [0.25, 0.3) is 0 Å². The Labute approximate surface area is 94.7 Å². The van der Waals surface area contributed by atoms with Crippen molar-refractivity contribution < 1.29 is 9.18 Å². The van der Waals surface area contributed by atoms with Gasteiger partial charge in [0.2, 0.25) is 0 Å². The number of aryl methyl sites for hydroxylation is 1. The van der Waals surface area contributed by atoms with E-state index in [9.17, 15) is 9.18 Å². The first-order chi connectivity index (χ1) is 7.68. The summed E-state index contributed by atoms with van der Waals surface area (Å²) in [5.41, 5.74) is 1.26. The number of carbonyl (C=O) groups excluding carboxylic acids is 1. The summed E-state index contributed by atoms with van der Waals surface area (Å²) in [6.45, 7) is 1.89. The van der Waals surface area contributed by atoms with Gasteiger partial charge in [-0.1, -0.05) is 18.1 Å². The highest BCUT2D eigenvalue weighted by Crippen LogP contribution is 2.58. The summed E-state index contributed by atoms with van der Waals surface area (Å²) in [5, 5.41) is 0. The first-order valence-electron chi connectivity index (χ1n) is 5.99. The van der Waals surface area contributed by atoms with Crippen LogP contribution < -0.4 is 0 Å². The number of carbonyl (C=O) groups is 1. The molecule has 0 bridgehead atoms. The van der Waals surface area contributed by atoms with Gasteiger partial charge in [-0.25, -0.2) is 4.39 Å². The topological polar surface area (TPSA) is 17.1 Å². The molecule has 2 heteroatoms. The molecule has 2 saturated carbocycles. The summed E-state index contributed by atoms with van der Waals surface area (Å²) >= 11 is 0. The molecule has 1 aromatic rings. The molecule has 0 N–H and O–H groups in total. The third kappa shape index (κ3) is 1.40. The van der Waals surface area contributed by atoms with Gasteiger partial charge in [0, 0.05) is 5.92 Å². The van der Waals surface area contributed by atoms with Crippen molar-refractivity contribution in [3.8, 4) is 0 Å². The number of hydrogen-bond acceptors (Lipinski definition) is 1. The standard InChI is InChI=1S/C14H15FO/c1-8-5-6-12(15)11(7-8)14(16)13-9-3-2-4-10(9)13/h5-7,9-10,13H,2-4H2,1H3. The van der Waals surface area contributed by atoms with Crippen molar-refractivity contribution >= 4 is 5.78 Å². The molecule has 0 aliphatic heterocycles. The van der Waals surface area contributed by atoms with Gasteiger partial charge in [-0.2, -0.15) is 0 Å². The Morgan fingerprint density at radius 2 is 2.00 bits per heavy atom. The van der Waals surface area contributed by atoms with E-state index in [0.717, 1.165) is 18.4 Å². The second kappa shape index (κ2) is 3.41. The van der Waals surface area contributed by atoms with Crippen molar-refractivity contribution in [3.05, 3.63) is 35.1 Å². The zero-order valence-electron chi connectivity index (χ0n) is 9.37. The Bertz CT molecular complexity index is 442. The molecular formula is C14H15FO. The number of rotatable bonds is 2. The third-order valence-electron chi connectivity index (χ3n) is 4.10. The molecule has 2 fully saturated rings. The average molecular weight is 218 g/mol. The summed E-state index contributed by atoms with van der Waals surface area (Å²) in [6, 6.07) is 4.80. The molecule has 0 aromatic heterocycles. The molecule has 0 amide bonds. The first kappa shape index (κ1) is 10.0. The van der Waals surface area contributed by atoms with Crippen LogP contribution in [-0.4, -0.2) is 5.78 Å². The summed E-state index contributed by atoms with van der Waals surface area (Å²) in [6.07, 6.45) is 3.57. The Morgan fingerprint density at radius 1 is 1.31 bits per heavy atom. The average Bonchev–Trinajstić information content (AvgIpc) is 2.74. The monoisotopic (exact) mass is 218 g/mol. The number of halogens is 1. The second-order valence-corrected chi connectivity index (χ2v) is 5.13. The zero-order valence-corrected chi connectivity index (χ0v) is 9.37. The van der Waals surface area contributed by atoms with E-state index < -0.39 is 0 Å². The Morgan fingerprint density at radius 3 is 2.69 bits per heavy atom. The zero-order chi connectivity index (χ0) is 11.3. The molecule has 0 spiro atoms. The molecule has 2 atom stereocenters. The molecule has 2 unspecified atom stereocenters. The predicted octanol–water partition coefficient (Wildman–Crippen LogP) is 3.36. The van der Waals surface area contributed by atoms with Crippen molar-refractivity contribution in [2.75, 3.05) is 0 Å². The van der Waals surface area contributed by atoms with E-state index in [1.54, 1.807) is 12.1 Å². The minimum atomic E-state index is -0.361. The maximum absolute atomic E-state index is 13.6. The first-order valence-corrected chi connectivity index (χ1v) is 5.99. The highest BCUT2D eigenvalue weighted by Gasteiger charge is 2.56. The molecule has 2 aliphatic carbocycles. The van der Waals surface area contributed by atoms with E-state index in [1.165, 1.54) is 12.5 Å². The number of ketones is 1. The number of Topliss-reactive ketones (excluding diaryl/α,β-unsaturated/α-hetero) is 1. The highest BCUT2D eigenvalue weighted by atomic mass is 19.1. The lowest BCUT2D eigenvalue weighted by atomic mass is 9.99. The SMILES string of the molecule is Cc1ccc(F)c(C(=O)C2C3CCCC32)c1. The van der Waals surface area contributed by atoms with Gasteiger partial charge in [0.1, 0.15) is 5.82 Å². The van der Waals surface area contributed by atoms with Crippen molar-refractivity contribution in [2.45, 2.75) is 26.2 Å². The maximum Gasteiger partial charge on any atom is 0.169 e. The minimum absolute atomic E-state index is 0.0379. The number of hydrogen-bond donors (Lipinski definition) is 0. The Balaban J connectivity index is 1.87. The van der Waals surface area contributed by atoms with E-state index in [1.807, 2.05) is 6.92 Å². The van der Waals surface area contributed by atoms with Crippen LogP contribution in [-0.2, 0) is 0 Å². The lowest BCUT2D eigenvalue weighted by Gasteiger charge is -2.05. The van der Waals surface area contributed by atoms with Gasteiger partial charge < -0.3 is 0 Å². The van der Waals surface area contributed by atoms with E-state index in [0.29, 0.717) is 17.4 Å². The van der Waals surface area contributed by atoms with Crippen molar-refractivity contribution in [1.29, 1.82) is 0 Å². The van der Waals surface area contributed by atoms with E-state index in [4.69, 9.17) is 0 Å². The van der Waals surface area contributed by atoms with Crippen LogP contribution in [0.3, 0.4) is 0 Å². The molecular weight excluding hydrogens is 203 g/mol. The van der Waals surface area contributed by atoms with Crippen molar-refractivity contribution in [2.24, 2.45) is 17.8 Å². The van der Waals surface area contributed by atoms with Crippen LogP contribution in [0.2, 0.25) is 0 Å². The second-order valence-electron chi connectivity index (χ2n) is 5.13. The fourth-order valence-corrected chi connectivity index (χ4v) is 3.22. The molecule has 2 aliphatic rings. The van der Waals surface area contributed by atoms with Gasteiger partial charge in [0.05, 0.1) is 5.56 Å². The fraction of sp³-hybridized carbons (Fsp3) is 0.500. The van der Waals surface area contributed by atoms with Crippen LogP contribution in [0.4, 0.5) is 4.39 Å². The van der Waals surface area contributed by atoms with Crippen molar-refractivity contribution in [1.82, 2.24) is 0 Å². The van der Waals surface area contributed by atoms with Crippen LogP contribution in [0, 0.1) is 30.5 Å². The maximum atomic E-state index is 13.6. The molecule has 1 aromatic carbocycles. The molecule has 0 saturated heterocycles. The van der Waals surface area contributed by atoms with Gasteiger partial charge >= 0.3 is 0 Å². The van der Waals surface area contributed by atoms with E-state index in [2.05, 4.69) is 0 Å². The van der Waals surface area contributed by atoms with Crippen LogP contribution in [0.15, 0.2) is 18.2 Å². The van der Waals surface area contributed by atoms with Crippen LogP contribution in [0.25, 0.3) is 0 Å². The number of fused-ring (bicyclic) bond motifs is 1. The molecule has 16 heavy (non-hydrogen) atoms. The smallest absolute Gasteiger partial charge is 0.169 e. The molecule has 3 rings (SSSR count). The van der Waals surface area contributed by atoms with Gasteiger partial charge in [-0.3, -0.25) is 4.79 Å². The lowest BCUT2D eigenvalue weighted by Crippen LogP contribution is -2.08. The summed E-state index contributed by atoms with van der Waals surface area (Å²) in [7, 11) is 0. The van der Waals surface area contributed by atoms with E-state index >= 15 is 0 Å². The Kier molecular flexibility index (Phi) is 2.13. The van der Waals surface area contributed by atoms with Gasteiger partial charge in [0.15, 0.2) is 5.78 Å². The molecule has 0 heterocycles. The molecule has 0 radical (unpaired) electrons. The number of benzene rings is 1. The fourth-order valence-electron chi connectivity index (χ4n) is 3.22. The van der Waals surface area contributed by atoms with Crippen LogP contribution in [0.1, 0.15) is 35.2 Å². The molecule has 84 valence electrons. The largest absolute Gasteiger partial charge is 0.294 e. The summed E-state index contributed by atoms with van der Waals surface area (Å²) in [5.74, 6) is 0.932. The van der Waals surface area contributed by atoms with Crippen LogP contribution in [0.5, 0.6) is 0 Å². The minimum Gasteiger partial charge on any atom is -0.294 e.